The monoisotopic (exact) mass is 220 g/mol. The minimum absolute atomic E-state index is 0.0310. The molecule has 0 aromatic carbocycles. The van der Waals surface area contributed by atoms with Crippen LogP contribution in [0.25, 0.3) is 0 Å². The number of ether oxygens (including phenoxy) is 1. The van der Waals surface area contributed by atoms with Gasteiger partial charge in [0.1, 0.15) is 0 Å². The molecule has 4 nitrogen and oxygen atoms in total. The molecule has 0 aliphatic carbocycles. The van der Waals surface area contributed by atoms with Gasteiger partial charge in [0.15, 0.2) is 0 Å². The number of nitrogens with zero attached hydrogens (tertiary/aromatic N) is 1. The molecule has 1 aliphatic heterocycles. The van der Waals surface area contributed by atoms with Crippen molar-refractivity contribution in [2.75, 3.05) is 13.2 Å². The Morgan fingerprint density at radius 1 is 1.62 bits per heavy atom. The second kappa shape index (κ2) is 5.61. The number of carbonyl (C=O) groups excluding carboxylic acids is 1. The van der Waals surface area contributed by atoms with E-state index in [4.69, 9.17) is 4.74 Å². The van der Waals surface area contributed by atoms with Crippen LogP contribution in [0.5, 0.6) is 0 Å². The van der Waals surface area contributed by atoms with Crippen LogP contribution < -0.4 is 5.32 Å². The highest BCUT2D eigenvalue weighted by atomic mass is 16.5. The summed E-state index contributed by atoms with van der Waals surface area (Å²) in [4.78, 5) is 15.5. The van der Waals surface area contributed by atoms with Crippen LogP contribution in [0.15, 0.2) is 24.5 Å². The first-order valence-electron chi connectivity index (χ1n) is 5.62. The smallest absolute Gasteiger partial charge is 0.224 e. The molecule has 1 saturated heterocycles. The highest BCUT2D eigenvalue weighted by molar-refractivity contribution is 5.78. The molecule has 1 aromatic rings. The van der Waals surface area contributed by atoms with Gasteiger partial charge in [-0.15, -0.1) is 0 Å². The van der Waals surface area contributed by atoms with Crippen LogP contribution in [-0.2, 0) is 16.0 Å². The van der Waals surface area contributed by atoms with Gasteiger partial charge in [0.25, 0.3) is 0 Å². The fourth-order valence-electron chi connectivity index (χ4n) is 1.78. The summed E-state index contributed by atoms with van der Waals surface area (Å²) in [5, 5.41) is 2.88. The Bertz CT molecular complexity index is 334. The lowest BCUT2D eigenvalue weighted by Gasteiger charge is -2.10. The maximum absolute atomic E-state index is 11.6. The van der Waals surface area contributed by atoms with Crippen molar-refractivity contribution in [3.63, 3.8) is 0 Å². The van der Waals surface area contributed by atoms with E-state index < -0.39 is 0 Å². The summed E-state index contributed by atoms with van der Waals surface area (Å²) in [6, 6.07) is 3.74. The zero-order valence-corrected chi connectivity index (χ0v) is 9.19. The summed E-state index contributed by atoms with van der Waals surface area (Å²) in [5.74, 6) is 0.0310. The minimum Gasteiger partial charge on any atom is -0.376 e. The Balaban J connectivity index is 1.72. The van der Waals surface area contributed by atoms with Gasteiger partial charge in [-0.05, 0) is 24.5 Å². The van der Waals surface area contributed by atoms with Crippen LogP contribution in [0.2, 0.25) is 0 Å². The van der Waals surface area contributed by atoms with Gasteiger partial charge in [-0.25, -0.2) is 0 Å². The molecule has 16 heavy (non-hydrogen) atoms. The van der Waals surface area contributed by atoms with Gasteiger partial charge >= 0.3 is 0 Å². The summed E-state index contributed by atoms with van der Waals surface area (Å²) >= 11 is 0. The van der Waals surface area contributed by atoms with E-state index in [9.17, 15) is 4.79 Å². The van der Waals surface area contributed by atoms with E-state index in [-0.39, 0.29) is 12.0 Å². The van der Waals surface area contributed by atoms with Crippen molar-refractivity contribution in [2.45, 2.75) is 25.4 Å². The number of amides is 1. The average Bonchev–Trinajstić information content (AvgIpc) is 2.81. The van der Waals surface area contributed by atoms with E-state index in [0.717, 1.165) is 25.0 Å². The van der Waals surface area contributed by atoms with Crippen molar-refractivity contribution >= 4 is 5.91 Å². The van der Waals surface area contributed by atoms with Crippen LogP contribution in [0.3, 0.4) is 0 Å². The Morgan fingerprint density at radius 3 is 3.25 bits per heavy atom. The quantitative estimate of drug-likeness (QED) is 0.821. The number of rotatable bonds is 4. The first-order chi connectivity index (χ1) is 7.84. The predicted octanol–water partition coefficient (Wildman–Crippen LogP) is 0.919. The maximum atomic E-state index is 11.6. The normalized spacial score (nSPS) is 19.6. The van der Waals surface area contributed by atoms with E-state index in [1.165, 1.54) is 0 Å². The highest BCUT2D eigenvalue weighted by Gasteiger charge is 2.15. The standard InChI is InChI=1S/C12H16N2O2/c15-12(7-10-3-1-5-13-8-10)14-9-11-4-2-6-16-11/h1,3,5,8,11H,2,4,6-7,9H2,(H,14,15). The summed E-state index contributed by atoms with van der Waals surface area (Å²) in [5.41, 5.74) is 0.937. The highest BCUT2D eigenvalue weighted by Crippen LogP contribution is 2.10. The Hall–Kier alpha value is -1.42. The van der Waals surface area contributed by atoms with Crippen LogP contribution in [0.1, 0.15) is 18.4 Å². The first kappa shape index (κ1) is 11.1. The molecule has 1 N–H and O–H groups in total. The largest absolute Gasteiger partial charge is 0.376 e. The maximum Gasteiger partial charge on any atom is 0.224 e. The van der Waals surface area contributed by atoms with Crippen molar-refractivity contribution in [3.05, 3.63) is 30.1 Å². The summed E-state index contributed by atoms with van der Waals surface area (Å²) in [6.07, 6.45) is 6.16. The van der Waals surface area contributed by atoms with Gasteiger partial charge in [-0.1, -0.05) is 6.07 Å². The number of nitrogens with one attached hydrogen (secondary N) is 1. The van der Waals surface area contributed by atoms with Crippen molar-refractivity contribution < 1.29 is 9.53 Å². The lowest BCUT2D eigenvalue weighted by atomic mass is 10.2. The molecule has 2 rings (SSSR count). The van der Waals surface area contributed by atoms with E-state index in [1.54, 1.807) is 12.4 Å². The average molecular weight is 220 g/mol. The van der Waals surface area contributed by atoms with Gasteiger partial charge in [0.2, 0.25) is 5.91 Å². The molecule has 4 heteroatoms. The molecule has 1 aliphatic rings. The SMILES string of the molecule is O=C(Cc1cccnc1)NCC1CCCO1. The molecule has 0 saturated carbocycles. The van der Waals surface area contributed by atoms with Gasteiger partial charge in [-0.2, -0.15) is 0 Å². The summed E-state index contributed by atoms with van der Waals surface area (Å²) in [7, 11) is 0. The lowest BCUT2D eigenvalue weighted by Crippen LogP contribution is -2.32. The number of hydrogen-bond donors (Lipinski definition) is 1. The zero-order chi connectivity index (χ0) is 11.2. The molecule has 0 spiro atoms. The Morgan fingerprint density at radius 2 is 2.56 bits per heavy atom. The number of pyridine rings is 1. The van der Waals surface area contributed by atoms with Crippen molar-refractivity contribution in [3.8, 4) is 0 Å². The van der Waals surface area contributed by atoms with Gasteiger partial charge < -0.3 is 10.1 Å². The molecular weight excluding hydrogens is 204 g/mol. The van der Waals surface area contributed by atoms with E-state index in [1.807, 2.05) is 12.1 Å². The van der Waals surface area contributed by atoms with E-state index in [0.29, 0.717) is 13.0 Å². The third-order valence-electron chi connectivity index (χ3n) is 2.64. The molecule has 1 amide bonds. The third kappa shape index (κ3) is 3.31. The second-order valence-corrected chi connectivity index (χ2v) is 3.98. The number of carbonyl (C=O) groups is 1. The molecule has 0 radical (unpaired) electrons. The van der Waals surface area contributed by atoms with Gasteiger partial charge in [0, 0.05) is 25.5 Å². The third-order valence-corrected chi connectivity index (χ3v) is 2.64. The zero-order valence-electron chi connectivity index (χ0n) is 9.19. The van der Waals surface area contributed by atoms with Gasteiger partial charge in [-0.3, -0.25) is 9.78 Å². The van der Waals surface area contributed by atoms with Crippen molar-refractivity contribution in [1.82, 2.24) is 10.3 Å². The van der Waals surface area contributed by atoms with E-state index >= 15 is 0 Å². The molecule has 1 fully saturated rings. The van der Waals surface area contributed by atoms with Crippen molar-refractivity contribution in [2.24, 2.45) is 0 Å². The number of aromatic nitrogens is 1. The van der Waals surface area contributed by atoms with Crippen molar-refractivity contribution in [1.29, 1.82) is 0 Å². The second-order valence-electron chi connectivity index (χ2n) is 3.98. The van der Waals surface area contributed by atoms with Gasteiger partial charge in [0.05, 0.1) is 12.5 Å². The van der Waals surface area contributed by atoms with Crippen LogP contribution in [-0.4, -0.2) is 30.1 Å². The molecule has 1 aromatic heterocycles. The molecule has 0 bridgehead atoms. The number of hydrogen-bond acceptors (Lipinski definition) is 3. The molecule has 86 valence electrons. The fourth-order valence-corrected chi connectivity index (χ4v) is 1.78. The minimum atomic E-state index is 0.0310. The molecular formula is C12H16N2O2. The molecule has 1 atom stereocenters. The summed E-state index contributed by atoms with van der Waals surface area (Å²) in [6.45, 7) is 1.45. The van der Waals surface area contributed by atoms with Crippen LogP contribution in [0.4, 0.5) is 0 Å². The lowest BCUT2D eigenvalue weighted by molar-refractivity contribution is -0.120. The summed E-state index contributed by atoms with van der Waals surface area (Å²) < 4.78 is 5.43. The predicted molar refractivity (Wildman–Crippen MR) is 59.9 cm³/mol. The Kier molecular flexibility index (Phi) is 3.88. The fraction of sp³-hybridized carbons (Fsp3) is 0.500. The molecule has 1 unspecified atom stereocenters. The topological polar surface area (TPSA) is 51.2 Å². The molecule has 2 heterocycles. The van der Waals surface area contributed by atoms with Crippen LogP contribution in [0, 0.1) is 0 Å². The first-order valence-corrected chi connectivity index (χ1v) is 5.62. The Labute approximate surface area is 95.0 Å². The van der Waals surface area contributed by atoms with Crippen LogP contribution >= 0.6 is 0 Å². The van der Waals surface area contributed by atoms with E-state index in [2.05, 4.69) is 10.3 Å².